The zero-order valence-corrected chi connectivity index (χ0v) is 13.2. The van der Waals surface area contributed by atoms with Crippen LogP contribution >= 0.6 is 0 Å². The Morgan fingerprint density at radius 3 is 3.00 bits per heavy atom. The first-order chi connectivity index (χ1) is 10.6. The summed E-state index contributed by atoms with van der Waals surface area (Å²) < 4.78 is 26.7. The molecule has 3 unspecified atom stereocenters. The molecule has 0 saturated carbocycles. The highest BCUT2D eigenvalue weighted by Gasteiger charge is 2.38. The SMILES string of the molecule is O=S(=O)(c1cccnc1)N1CCC(C2CC(CCO)NN2)C1. The Hall–Kier alpha value is -1.06. The Morgan fingerprint density at radius 2 is 2.27 bits per heavy atom. The topological polar surface area (TPSA) is 94.6 Å². The minimum absolute atomic E-state index is 0.165. The van der Waals surface area contributed by atoms with Gasteiger partial charge < -0.3 is 5.11 Å². The van der Waals surface area contributed by atoms with Gasteiger partial charge in [-0.2, -0.15) is 4.31 Å². The van der Waals surface area contributed by atoms with E-state index in [0.29, 0.717) is 25.4 Å². The van der Waals surface area contributed by atoms with Gasteiger partial charge in [0.15, 0.2) is 0 Å². The van der Waals surface area contributed by atoms with Gasteiger partial charge in [-0.05, 0) is 37.3 Å². The lowest BCUT2D eigenvalue weighted by molar-refractivity contribution is 0.268. The van der Waals surface area contributed by atoms with Crippen molar-refractivity contribution in [3.8, 4) is 0 Å². The number of aromatic nitrogens is 1. The fraction of sp³-hybridized carbons (Fsp3) is 0.643. The van der Waals surface area contributed by atoms with Crippen LogP contribution in [0.4, 0.5) is 0 Å². The summed E-state index contributed by atoms with van der Waals surface area (Å²) in [5, 5.41) is 8.99. The molecule has 122 valence electrons. The van der Waals surface area contributed by atoms with Crippen LogP contribution in [0.3, 0.4) is 0 Å². The number of sulfonamides is 1. The summed E-state index contributed by atoms with van der Waals surface area (Å²) in [6.07, 6.45) is 5.46. The monoisotopic (exact) mass is 326 g/mol. The zero-order valence-electron chi connectivity index (χ0n) is 12.4. The van der Waals surface area contributed by atoms with Gasteiger partial charge in [0.1, 0.15) is 4.90 Å². The van der Waals surface area contributed by atoms with Crippen molar-refractivity contribution in [2.24, 2.45) is 5.92 Å². The molecular formula is C14H22N4O3S. The number of nitrogens with one attached hydrogen (secondary N) is 2. The van der Waals surface area contributed by atoms with Gasteiger partial charge in [-0.1, -0.05) is 0 Å². The zero-order chi connectivity index (χ0) is 15.6. The quantitative estimate of drug-likeness (QED) is 0.688. The molecule has 0 bridgehead atoms. The van der Waals surface area contributed by atoms with Crippen molar-refractivity contribution in [2.45, 2.75) is 36.2 Å². The van der Waals surface area contributed by atoms with Crippen LogP contribution in [0.25, 0.3) is 0 Å². The summed E-state index contributed by atoms with van der Waals surface area (Å²) in [5.74, 6) is 0.294. The van der Waals surface area contributed by atoms with Gasteiger partial charge >= 0.3 is 0 Å². The number of aliphatic hydroxyl groups is 1. The first-order valence-electron chi connectivity index (χ1n) is 7.63. The van der Waals surface area contributed by atoms with Gasteiger partial charge in [0.05, 0.1) is 0 Å². The van der Waals surface area contributed by atoms with Crippen LogP contribution in [0.2, 0.25) is 0 Å². The van der Waals surface area contributed by atoms with Crippen molar-refractivity contribution in [2.75, 3.05) is 19.7 Å². The van der Waals surface area contributed by atoms with Gasteiger partial charge in [0, 0.05) is 44.2 Å². The molecule has 3 heterocycles. The molecule has 2 aliphatic heterocycles. The number of aliphatic hydroxyl groups excluding tert-OH is 1. The van der Waals surface area contributed by atoms with E-state index in [1.54, 1.807) is 22.6 Å². The molecule has 0 radical (unpaired) electrons. The van der Waals surface area contributed by atoms with E-state index < -0.39 is 10.0 Å². The second-order valence-corrected chi connectivity index (χ2v) is 7.88. The molecule has 2 aliphatic rings. The van der Waals surface area contributed by atoms with Gasteiger partial charge in [0.25, 0.3) is 0 Å². The van der Waals surface area contributed by atoms with Gasteiger partial charge in [-0.25, -0.2) is 8.42 Å². The van der Waals surface area contributed by atoms with Crippen molar-refractivity contribution in [1.29, 1.82) is 0 Å². The van der Waals surface area contributed by atoms with Crippen LogP contribution < -0.4 is 10.9 Å². The van der Waals surface area contributed by atoms with E-state index >= 15 is 0 Å². The first-order valence-corrected chi connectivity index (χ1v) is 9.07. The van der Waals surface area contributed by atoms with E-state index in [-0.39, 0.29) is 23.6 Å². The van der Waals surface area contributed by atoms with Crippen LogP contribution in [-0.4, -0.2) is 54.6 Å². The molecule has 3 N–H and O–H groups in total. The van der Waals surface area contributed by atoms with E-state index in [4.69, 9.17) is 5.11 Å². The fourth-order valence-electron chi connectivity index (χ4n) is 3.25. The third-order valence-corrected chi connectivity index (χ3v) is 6.37. The molecule has 1 aromatic rings. The number of hydrogen-bond acceptors (Lipinski definition) is 6. The molecule has 3 atom stereocenters. The third kappa shape index (κ3) is 3.16. The number of hydrogen-bond donors (Lipinski definition) is 3. The molecule has 22 heavy (non-hydrogen) atoms. The maximum atomic E-state index is 12.6. The molecular weight excluding hydrogens is 304 g/mol. The molecule has 0 spiro atoms. The maximum absolute atomic E-state index is 12.6. The number of rotatable bonds is 5. The predicted molar refractivity (Wildman–Crippen MR) is 81.3 cm³/mol. The van der Waals surface area contributed by atoms with Crippen LogP contribution in [-0.2, 0) is 10.0 Å². The summed E-state index contributed by atoms with van der Waals surface area (Å²) in [6, 6.07) is 3.75. The highest BCUT2D eigenvalue weighted by Crippen LogP contribution is 2.28. The molecule has 0 aliphatic carbocycles. The van der Waals surface area contributed by atoms with Gasteiger partial charge in [0.2, 0.25) is 10.0 Å². The van der Waals surface area contributed by atoms with E-state index in [1.807, 2.05) is 0 Å². The van der Waals surface area contributed by atoms with Crippen molar-refractivity contribution < 1.29 is 13.5 Å². The third-order valence-electron chi connectivity index (χ3n) is 4.52. The Kier molecular flexibility index (Phi) is 4.74. The average Bonchev–Trinajstić information content (AvgIpc) is 3.17. The van der Waals surface area contributed by atoms with Gasteiger partial charge in [-0.15, -0.1) is 0 Å². The normalized spacial score (nSPS) is 30.0. The lowest BCUT2D eigenvalue weighted by Crippen LogP contribution is -2.38. The summed E-state index contributed by atoms with van der Waals surface area (Å²) in [5.41, 5.74) is 6.43. The Labute approximate surface area is 130 Å². The average molecular weight is 326 g/mol. The minimum atomic E-state index is -3.44. The molecule has 8 heteroatoms. The molecule has 0 aromatic carbocycles. The largest absolute Gasteiger partial charge is 0.396 e. The number of nitrogens with zero attached hydrogens (tertiary/aromatic N) is 2. The molecule has 2 saturated heterocycles. The Balaban J connectivity index is 1.63. The second-order valence-electron chi connectivity index (χ2n) is 5.94. The molecule has 1 aromatic heterocycles. The van der Waals surface area contributed by atoms with Gasteiger partial charge in [-0.3, -0.25) is 15.8 Å². The molecule has 3 rings (SSSR count). The summed E-state index contributed by atoms with van der Waals surface area (Å²) in [7, 11) is -3.44. The standard InChI is InChI=1S/C14H22N4O3S/c19-7-4-12-8-14(17-16-12)11-3-6-18(10-11)22(20,21)13-2-1-5-15-9-13/h1-2,5,9,11-12,14,16-17,19H,3-4,6-8,10H2. The Bertz CT molecular complexity index is 595. The highest BCUT2D eigenvalue weighted by molar-refractivity contribution is 7.89. The molecule has 7 nitrogen and oxygen atoms in total. The number of pyridine rings is 1. The second kappa shape index (κ2) is 6.59. The lowest BCUT2D eigenvalue weighted by Gasteiger charge is -2.19. The molecule has 0 amide bonds. The van der Waals surface area contributed by atoms with Crippen molar-refractivity contribution >= 4 is 10.0 Å². The van der Waals surface area contributed by atoms with Crippen LogP contribution in [0, 0.1) is 5.92 Å². The fourth-order valence-corrected chi connectivity index (χ4v) is 4.73. The summed E-state index contributed by atoms with van der Waals surface area (Å²) in [4.78, 5) is 4.15. The van der Waals surface area contributed by atoms with Crippen LogP contribution in [0.5, 0.6) is 0 Å². The predicted octanol–water partition coefficient (Wildman–Crippen LogP) is -0.290. The number of hydrazine groups is 1. The van der Waals surface area contributed by atoms with Crippen LogP contribution in [0.15, 0.2) is 29.4 Å². The van der Waals surface area contributed by atoms with Crippen LogP contribution in [0.1, 0.15) is 19.3 Å². The lowest BCUT2D eigenvalue weighted by atomic mass is 9.94. The van der Waals surface area contributed by atoms with Crippen molar-refractivity contribution in [3.63, 3.8) is 0 Å². The van der Waals surface area contributed by atoms with E-state index in [9.17, 15) is 8.42 Å². The van der Waals surface area contributed by atoms with E-state index in [0.717, 1.165) is 12.8 Å². The minimum Gasteiger partial charge on any atom is -0.396 e. The van der Waals surface area contributed by atoms with E-state index in [1.165, 1.54) is 6.20 Å². The molecule has 2 fully saturated rings. The summed E-state index contributed by atoms with van der Waals surface area (Å²) in [6.45, 7) is 1.24. The maximum Gasteiger partial charge on any atom is 0.244 e. The van der Waals surface area contributed by atoms with Crippen molar-refractivity contribution in [1.82, 2.24) is 20.1 Å². The van der Waals surface area contributed by atoms with Crippen molar-refractivity contribution in [3.05, 3.63) is 24.5 Å². The smallest absolute Gasteiger partial charge is 0.244 e. The first kappa shape index (κ1) is 15.8. The van der Waals surface area contributed by atoms with E-state index in [2.05, 4.69) is 15.8 Å². The summed E-state index contributed by atoms with van der Waals surface area (Å²) >= 11 is 0. The Morgan fingerprint density at radius 1 is 1.41 bits per heavy atom. The highest BCUT2D eigenvalue weighted by atomic mass is 32.2.